The van der Waals surface area contributed by atoms with Gasteiger partial charge < -0.3 is 13.8 Å². The molecule has 0 spiro atoms. The van der Waals surface area contributed by atoms with Gasteiger partial charge in [-0.15, -0.1) is 0 Å². The number of carbonyl (C=O) groups excluding carboxylic acids is 1. The molecule has 7 heteroatoms. The molecule has 7 nitrogen and oxygen atoms in total. The van der Waals surface area contributed by atoms with E-state index in [1.807, 2.05) is 55.8 Å². The van der Waals surface area contributed by atoms with Crippen LogP contribution in [0, 0.1) is 5.41 Å². The highest BCUT2D eigenvalue weighted by Crippen LogP contribution is 2.36. The summed E-state index contributed by atoms with van der Waals surface area (Å²) < 4.78 is 13.3. The molecule has 3 heterocycles. The zero-order chi connectivity index (χ0) is 21.7. The number of nitrogens with zero attached hydrogens (tertiary/aromatic N) is 4. The number of benzene rings is 1. The summed E-state index contributed by atoms with van der Waals surface area (Å²) in [5.74, 6) is 0.564. The van der Waals surface area contributed by atoms with Crippen LogP contribution in [0.15, 0.2) is 53.4 Å². The Hall–Kier alpha value is -2.93. The molecule has 1 aliphatic heterocycles. The molecule has 2 aromatic heterocycles. The van der Waals surface area contributed by atoms with Gasteiger partial charge in [-0.25, -0.2) is 4.98 Å². The number of hydrogen-bond acceptors (Lipinski definition) is 6. The van der Waals surface area contributed by atoms with Gasteiger partial charge >= 0.3 is 5.97 Å². The highest BCUT2D eigenvalue weighted by molar-refractivity contribution is 5.77. The lowest BCUT2D eigenvalue weighted by Gasteiger charge is -2.40. The van der Waals surface area contributed by atoms with Gasteiger partial charge in [0.05, 0.1) is 24.0 Å². The third-order valence-corrected chi connectivity index (χ3v) is 6.03. The molecule has 0 bridgehead atoms. The zero-order valence-electron chi connectivity index (χ0n) is 18.3. The van der Waals surface area contributed by atoms with Gasteiger partial charge in [-0.2, -0.15) is 0 Å². The van der Waals surface area contributed by atoms with Gasteiger partial charge in [0.25, 0.3) is 0 Å². The normalized spacial score (nSPS) is 19.4. The Morgan fingerprint density at radius 1 is 1.26 bits per heavy atom. The summed E-state index contributed by atoms with van der Waals surface area (Å²) >= 11 is 0. The van der Waals surface area contributed by atoms with E-state index >= 15 is 0 Å². The Morgan fingerprint density at radius 2 is 2.10 bits per heavy atom. The van der Waals surface area contributed by atoms with Gasteiger partial charge in [0.2, 0.25) is 0 Å². The molecule has 0 saturated carbocycles. The van der Waals surface area contributed by atoms with Crippen molar-refractivity contribution in [3.63, 3.8) is 0 Å². The van der Waals surface area contributed by atoms with Gasteiger partial charge in [0, 0.05) is 43.9 Å². The lowest BCUT2D eigenvalue weighted by molar-refractivity contribution is -0.159. The van der Waals surface area contributed by atoms with Crippen LogP contribution in [-0.4, -0.2) is 45.3 Å². The summed E-state index contributed by atoms with van der Waals surface area (Å²) in [5, 5.41) is 4.24. The summed E-state index contributed by atoms with van der Waals surface area (Å²) in [5.41, 5.74) is 2.31. The molecule has 1 saturated heterocycles. The smallest absolute Gasteiger partial charge is 0.313 e. The molecule has 31 heavy (non-hydrogen) atoms. The quantitative estimate of drug-likeness (QED) is 0.512. The van der Waals surface area contributed by atoms with Crippen molar-refractivity contribution < 1.29 is 14.1 Å². The maximum Gasteiger partial charge on any atom is 0.313 e. The highest BCUT2D eigenvalue weighted by atomic mass is 16.5. The second kappa shape index (κ2) is 9.47. The number of hydrogen-bond donors (Lipinski definition) is 0. The number of aromatic nitrogens is 3. The number of rotatable bonds is 8. The molecule has 0 amide bonds. The van der Waals surface area contributed by atoms with Crippen LogP contribution in [0.3, 0.4) is 0 Å². The van der Waals surface area contributed by atoms with Crippen LogP contribution in [0.5, 0.6) is 0 Å². The molecular formula is C24H30N4O3. The fourth-order valence-electron chi connectivity index (χ4n) is 4.50. The van der Waals surface area contributed by atoms with Crippen molar-refractivity contribution in [3.05, 3.63) is 60.4 Å². The van der Waals surface area contributed by atoms with Crippen LogP contribution in [0.25, 0.3) is 11.3 Å². The molecule has 1 atom stereocenters. The summed E-state index contributed by atoms with van der Waals surface area (Å²) in [4.78, 5) is 19.8. The second-order valence-corrected chi connectivity index (χ2v) is 8.21. The second-order valence-electron chi connectivity index (χ2n) is 8.21. The van der Waals surface area contributed by atoms with E-state index in [1.165, 1.54) is 0 Å². The number of carbonyl (C=O) groups is 1. The Labute approximate surface area is 183 Å². The lowest BCUT2D eigenvalue weighted by atomic mass is 9.76. The van der Waals surface area contributed by atoms with Crippen LogP contribution in [0.2, 0.25) is 0 Å². The number of esters is 1. The number of imidazole rings is 1. The van der Waals surface area contributed by atoms with Gasteiger partial charge in [-0.3, -0.25) is 9.69 Å². The molecule has 0 radical (unpaired) electrons. The number of aryl methyl sites for hydroxylation is 1. The lowest BCUT2D eigenvalue weighted by Crippen LogP contribution is -2.49. The summed E-state index contributed by atoms with van der Waals surface area (Å²) in [7, 11) is 0. The SMILES string of the molecule is CCOC(=O)C1(Cc2cc(-c3ccccc3)no2)CCCN(Cc2cncn2CC)C1. The first kappa shape index (κ1) is 21.3. The summed E-state index contributed by atoms with van der Waals surface area (Å²) in [6, 6.07) is 11.9. The van der Waals surface area contributed by atoms with Crippen molar-refractivity contribution in [2.24, 2.45) is 5.41 Å². The standard InChI is InChI=1S/C24H30N4O3/c1-3-28-18-25-15-20(28)16-27-12-8-11-24(17-27,23(29)30-4-2)14-21-13-22(26-31-21)19-9-6-5-7-10-19/h5-7,9-10,13,15,18H,3-4,8,11-12,14,16-17H2,1-2H3. The Bertz CT molecular complexity index is 997. The largest absolute Gasteiger partial charge is 0.466 e. The van der Waals surface area contributed by atoms with E-state index in [0.29, 0.717) is 25.3 Å². The molecule has 1 unspecified atom stereocenters. The van der Waals surface area contributed by atoms with Crippen molar-refractivity contribution in [1.29, 1.82) is 0 Å². The Morgan fingerprint density at radius 3 is 2.87 bits per heavy atom. The van der Waals surface area contributed by atoms with E-state index in [9.17, 15) is 4.79 Å². The van der Waals surface area contributed by atoms with E-state index in [4.69, 9.17) is 9.26 Å². The molecule has 1 fully saturated rings. The van der Waals surface area contributed by atoms with Crippen molar-refractivity contribution in [2.45, 2.75) is 46.2 Å². The molecule has 1 aromatic carbocycles. The average molecular weight is 423 g/mol. The molecule has 1 aliphatic rings. The zero-order valence-corrected chi connectivity index (χ0v) is 18.3. The Kier molecular flexibility index (Phi) is 6.51. The first-order valence-electron chi connectivity index (χ1n) is 11.0. The average Bonchev–Trinajstić information content (AvgIpc) is 3.44. The van der Waals surface area contributed by atoms with Crippen LogP contribution >= 0.6 is 0 Å². The minimum Gasteiger partial charge on any atom is -0.466 e. The molecule has 164 valence electrons. The van der Waals surface area contributed by atoms with Gasteiger partial charge in [-0.1, -0.05) is 35.5 Å². The first-order chi connectivity index (χ1) is 15.1. The van der Waals surface area contributed by atoms with E-state index in [1.54, 1.807) is 0 Å². The fourth-order valence-corrected chi connectivity index (χ4v) is 4.50. The van der Waals surface area contributed by atoms with Gasteiger partial charge in [-0.05, 0) is 33.2 Å². The Balaban J connectivity index is 1.55. The predicted octanol–water partition coefficient (Wildman–Crippen LogP) is 3.95. The third-order valence-electron chi connectivity index (χ3n) is 6.03. The van der Waals surface area contributed by atoms with Crippen molar-refractivity contribution in [3.8, 4) is 11.3 Å². The summed E-state index contributed by atoms with van der Waals surface area (Å²) in [6.07, 6.45) is 5.95. The van der Waals surface area contributed by atoms with Crippen molar-refractivity contribution in [1.82, 2.24) is 19.6 Å². The van der Waals surface area contributed by atoms with Crippen molar-refractivity contribution >= 4 is 5.97 Å². The minimum atomic E-state index is -0.640. The van der Waals surface area contributed by atoms with Crippen LogP contribution < -0.4 is 0 Å². The third kappa shape index (κ3) is 4.71. The monoisotopic (exact) mass is 422 g/mol. The highest BCUT2D eigenvalue weighted by Gasteiger charge is 2.44. The fraction of sp³-hybridized carbons (Fsp3) is 0.458. The van der Waals surface area contributed by atoms with E-state index in [0.717, 1.165) is 49.4 Å². The number of piperidine rings is 1. The van der Waals surface area contributed by atoms with E-state index < -0.39 is 5.41 Å². The van der Waals surface area contributed by atoms with Crippen LogP contribution in [-0.2, 0) is 29.0 Å². The minimum absolute atomic E-state index is 0.152. The molecule has 3 aromatic rings. The number of likely N-dealkylation sites (tertiary alicyclic amines) is 1. The topological polar surface area (TPSA) is 73.4 Å². The van der Waals surface area contributed by atoms with Crippen molar-refractivity contribution in [2.75, 3.05) is 19.7 Å². The first-order valence-corrected chi connectivity index (χ1v) is 11.0. The maximum absolute atomic E-state index is 13.1. The summed E-state index contributed by atoms with van der Waals surface area (Å²) in [6.45, 7) is 7.55. The van der Waals surface area contributed by atoms with Crippen LogP contribution in [0.1, 0.15) is 38.1 Å². The van der Waals surface area contributed by atoms with E-state index in [-0.39, 0.29) is 5.97 Å². The van der Waals surface area contributed by atoms with E-state index in [2.05, 4.69) is 26.5 Å². The molecule has 4 rings (SSSR count). The van der Waals surface area contributed by atoms with Gasteiger partial charge in [0.1, 0.15) is 11.5 Å². The van der Waals surface area contributed by atoms with Gasteiger partial charge in [0.15, 0.2) is 0 Å². The molecule has 0 N–H and O–H groups in total. The molecular weight excluding hydrogens is 392 g/mol. The molecule has 0 aliphatic carbocycles. The number of ether oxygens (including phenoxy) is 1. The predicted molar refractivity (Wildman–Crippen MR) is 117 cm³/mol. The van der Waals surface area contributed by atoms with Crippen LogP contribution in [0.4, 0.5) is 0 Å². The maximum atomic E-state index is 13.1.